The van der Waals surface area contributed by atoms with Gasteiger partial charge in [0, 0.05) is 0 Å². The molecule has 0 unspecified atom stereocenters. The zero-order valence-corrected chi connectivity index (χ0v) is 12.3. The largest absolute Gasteiger partial charge is 0.488 e. The second kappa shape index (κ2) is 9.70. The first-order chi connectivity index (χ1) is 9.69. The Morgan fingerprint density at radius 1 is 1.00 bits per heavy atom. The lowest BCUT2D eigenvalue weighted by Crippen LogP contribution is -2.06. The number of nitrogens with two attached hydrogens (primary N) is 1. The van der Waals surface area contributed by atoms with Gasteiger partial charge >= 0.3 is 0 Å². The highest BCUT2D eigenvalue weighted by atomic mass is 19.1. The molecule has 0 aliphatic carbocycles. The number of hydrogen-bond acceptors (Lipinski definition) is 2. The Kier molecular flexibility index (Phi) is 8.19. The van der Waals surface area contributed by atoms with Crippen molar-refractivity contribution in [2.75, 3.05) is 13.2 Å². The lowest BCUT2D eigenvalue weighted by atomic mass is 10.1. The average Bonchev–Trinajstić information content (AvgIpc) is 2.40. The highest BCUT2D eigenvalue weighted by molar-refractivity contribution is 5.31. The highest BCUT2D eigenvalue weighted by Gasteiger charge is 2.12. The minimum atomic E-state index is -0.639. The summed E-state index contributed by atoms with van der Waals surface area (Å²) < 4.78 is 32.6. The van der Waals surface area contributed by atoms with E-state index < -0.39 is 11.6 Å². The van der Waals surface area contributed by atoms with E-state index in [1.807, 2.05) is 0 Å². The summed E-state index contributed by atoms with van der Waals surface area (Å²) >= 11 is 0. The van der Waals surface area contributed by atoms with Crippen molar-refractivity contribution in [1.82, 2.24) is 0 Å². The number of rotatable bonds is 10. The van der Waals surface area contributed by atoms with E-state index in [0.29, 0.717) is 25.1 Å². The van der Waals surface area contributed by atoms with E-state index in [9.17, 15) is 8.78 Å². The average molecular weight is 285 g/mol. The van der Waals surface area contributed by atoms with E-state index in [1.165, 1.54) is 31.4 Å². The normalized spacial score (nSPS) is 10.8. The molecule has 1 aromatic carbocycles. The lowest BCUT2D eigenvalue weighted by Gasteiger charge is -2.10. The van der Waals surface area contributed by atoms with Crippen LogP contribution in [-0.4, -0.2) is 13.2 Å². The Bertz CT molecular complexity index is 373. The molecule has 0 saturated heterocycles. The van der Waals surface area contributed by atoms with Crippen molar-refractivity contribution in [2.45, 2.75) is 51.9 Å². The van der Waals surface area contributed by atoms with Crippen LogP contribution < -0.4 is 10.5 Å². The quantitative estimate of drug-likeness (QED) is 0.654. The molecule has 1 aromatic rings. The number of hydrogen-bond donors (Lipinski definition) is 1. The highest BCUT2D eigenvalue weighted by Crippen LogP contribution is 2.24. The zero-order valence-electron chi connectivity index (χ0n) is 12.3. The fraction of sp³-hybridized carbons (Fsp3) is 0.625. The van der Waals surface area contributed by atoms with Crippen molar-refractivity contribution < 1.29 is 13.5 Å². The summed E-state index contributed by atoms with van der Waals surface area (Å²) in [5.74, 6) is -1.54. The van der Waals surface area contributed by atoms with Crippen LogP contribution in [0.1, 0.15) is 51.0 Å². The van der Waals surface area contributed by atoms with Crippen LogP contribution in [0.3, 0.4) is 0 Å². The van der Waals surface area contributed by atoms with Crippen LogP contribution in [0.4, 0.5) is 8.78 Å². The Morgan fingerprint density at radius 3 is 2.20 bits per heavy atom. The molecule has 0 bridgehead atoms. The van der Waals surface area contributed by atoms with E-state index in [-0.39, 0.29) is 5.75 Å². The van der Waals surface area contributed by atoms with E-state index in [1.54, 1.807) is 0 Å². The molecule has 0 amide bonds. The van der Waals surface area contributed by atoms with Crippen molar-refractivity contribution in [2.24, 2.45) is 5.73 Å². The topological polar surface area (TPSA) is 35.2 Å². The Labute approximate surface area is 120 Å². The monoisotopic (exact) mass is 285 g/mol. The molecule has 0 aromatic heterocycles. The number of halogens is 2. The second-order valence-electron chi connectivity index (χ2n) is 5.04. The van der Waals surface area contributed by atoms with Gasteiger partial charge in [0.25, 0.3) is 0 Å². The number of ether oxygens (including phenoxy) is 1. The van der Waals surface area contributed by atoms with Crippen molar-refractivity contribution >= 4 is 0 Å². The van der Waals surface area contributed by atoms with Gasteiger partial charge in [0.1, 0.15) is 0 Å². The molecule has 0 atom stereocenters. The van der Waals surface area contributed by atoms with Gasteiger partial charge in [-0.15, -0.1) is 0 Å². The van der Waals surface area contributed by atoms with Gasteiger partial charge in [-0.1, -0.05) is 39.0 Å². The second-order valence-corrected chi connectivity index (χ2v) is 5.04. The van der Waals surface area contributed by atoms with Crippen molar-refractivity contribution in [3.8, 4) is 5.75 Å². The number of unbranched alkanes of at least 4 members (excludes halogenated alkanes) is 5. The maximum absolute atomic E-state index is 13.7. The van der Waals surface area contributed by atoms with E-state index in [4.69, 9.17) is 10.5 Å². The molecule has 0 heterocycles. The van der Waals surface area contributed by atoms with Crippen LogP contribution in [0.2, 0.25) is 0 Å². The van der Waals surface area contributed by atoms with Gasteiger partial charge in [-0.3, -0.25) is 0 Å². The number of benzene rings is 1. The van der Waals surface area contributed by atoms with E-state index in [0.717, 1.165) is 19.3 Å². The van der Waals surface area contributed by atoms with Crippen LogP contribution in [0.5, 0.6) is 5.75 Å². The first kappa shape index (κ1) is 16.9. The summed E-state index contributed by atoms with van der Waals surface area (Å²) in [6.07, 6.45) is 7.15. The lowest BCUT2D eigenvalue weighted by molar-refractivity contribution is 0.275. The maximum atomic E-state index is 13.7. The first-order valence-corrected chi connectivity index (χ1v) is 7.49. The summed E-state index contributed by atoms with van der Waals surface area (Å²) in [7, 11) is 0. The molecule has 0 saturated carbocycles. The summed E-state index contributed by atoms with van der Waals surface area (Å²) in [4.78, 5) is 0. The van der Waals surface area contributed by atoms with Crippen molar-refractivity contribution in [3.05, 3.63) is 29.3 Å². The summed E-state index contributed by atoms with van der Waals surface area (Å²) in [6, 6.07) is 2.60. The maximum Gasteiger partial charge on any atom is 0.190 e. The summed E-state index contributed by atoms with van der Waals surface area (Å²) in [5, 5.41) is 0. The molecule has 0 radical (unpaired) electrons. The minimum Gasteiger partial charge on any atom is -0.488 e. The van der Waals surface area contributed by atoms with Crippen LogP contribution in [-0.2, 0) is 6.42 Å². The van der Waals surface area contributed by atoms with Gasteiger partial charge in [0.2, 0.25) is 0 Å². The Hall–Kier alpha value is -1.16. The molecule has 0 fully saturated rings. The predicted octanol–water partition coefficient (Wildman–Crippen LogP) is 4.21. The van der Waals surface area contributed by atoms with Crippen LogP contribution in [0, 0.1) is 11.6 Å². The van der Waals surface area contributed by atoms with Crippen molar-refractivity contribution in [3.63, 3.8) is 0 Å². The third-order valence-electron chi connectivity index (χ3n) is 3.24. The molecule has 4 heteroatoms. The van der Waals surface area contributed by atoms with Crippen LogP contribution in [0.25, 0.3) is 0 Å². The summed E-state index contributed by atoms with van der Waals surface area (Å²) in [5.41, 5.74) is 5.94. The van der Waals surface area contributed by atoms with Gasteiger partial charge in [0.05, 0.1) is 6.61 Å². The molecule has 20 heavy (non-hydrogen) atoms. The van der Waals surface area contributed by atoms with Gasteiger partial charge < -0.3 is 10.5 Å². The Morgan fingerprint density at radius 2 is 1.60 bits per heavy atom. The molecule has 2 N–H and O–H groups in total. The van der Waals surface area contributed by atoms with Crippen LogP contribution >= 0.6 is 0 Å². The fourth-order valence-electron chi connectivity index (χ4n) is 2.12. The zero-order chi connectivity index (χ0) is 14.8. The standard InChI is InChI=1S/C16H25F2NO/c1-2-3-4-5-6-7-10-20-16-14(17)11-13(8-9-19)12-15(16)18/h11-12H,2-10,19H2,1H3. The molecule has 0 aliphatic rings. The van der Waals surface area contributed by atoms with Gasteiger partial charge in [-0.25, -0.2) is 8.78 Å². The molecular formula is C16H25F2NO. The van der Waals surface area contributed by atoms with Gasteiger partial charge in [0.15, 0.2) is 17.4 Å². The third-order valence-corrected chi connectivity index (χ3v) is 3.24. The SMILES string of the molecule is CCCCCCCCOc1c(F)cc(CCN)cc1F. The molecule has 0 aliphatic heterocycles. The molecule has 114 valence electrons. The molecule has 0 spiro atoms. The van der Waals surface area contributed by atoms with E-state index in [2.05, 4.69) is 6.92 Å². The molecular weight excluding hydrogens is 260 g/mol. The minimum absolute atomic E-state index is 0.265. The summed E-state index contributed by atoms with van der Waals surface area (Å²) in [6.45, 7) is 2.90. The Balaban J connectivity index is 2.36. The van der Waals surface area contributed by atoms with Gasteiger partial charge in [-0.2, -0.15) is 0 Å². The van der Waals surface area contributed by atoms with Crippen LogP contribution in [0.15, 0.2) is 12.1 Å². The third kappa shape index (κ3) is 5.87. The first-order valence-electron chi connectivity index (χ1n) is 7.49. The smallest absolute Gasteiger partial charge is 0.190 e. The van der Waals surface area contributed by atoms with Crippen molar-refractivity contribution in [1.29, 1.82) is 0 Å². The van der Waals surface area contributed by atoms with E-state index >= 15 is 0 Å². The molecule has 2 nitrogen and oxygen atoms in total. The molecule has 1 rings (SSSR count). The van der Waals surface area contributed by atoms with Gasteiger partial charge in [-0.05, 0) is 37.1 Å². The predicted molar refractivity (Wildman–Crippen MR) is 78.0 cm³/mol. The fourth-order valence-corrected chi connectivity index (χ4v) is 2.12.